The number of hydrogen-bond acceptors (Lipinski definition) is 6. The monoisotopic (exact) mass is 303 g/mol. The Morgan fingerprint density at radius 1 is 1.36 bits per heavy atom. The van der Waals surface area contributed by atoms with Crippen molar-refractivity contribution in [3.8, 4) is 0 Å². The predicted molar refractivity (Wildman–Crippen MR) is 84.0 cm³/mol. The number of benzene rings is 1. The van der Waals surface area contributed by atoms with E-state index in [1.807, 2.05) is 31.2 Å². The smallest absolute Gasteiger partial charge is 0.223 e. The molecule has 3 rings (SSSR count). The van der Waals surface area contributed by atoms with Gasteiger partial charge in [-0.05, 0) is 13.0 Å². The highest BCUT2D eigenvalue weighted by Gasteiger charge is 2.36. The van der Waals surface area contributed by atoms with Crippen molar-refractivity contribution in [2.24, 2.45) is 0 Å². The zero-order valence-corrected chi connectivity index (χ0v) is 12.7. The quantitative estimate of drug-likeness (QED) is 0.842. The second kappa shape index (κ2) is 6.56. The summed E-state index contributed by atoms with van der Waals surface area (Å²) in [6.45, 7) is 4.05. The van der Waals surface area contributed by atoms with Crippen molar-refractivity contribution in [3.05, 3.63) is 30.0 Å². The van der Waals surface area contributed by atoms with Crippen LogP contribution in [0, 0.1) is 6.92 Å². The van der Waals surface area contributed by atoms with Crippen LogP contribution in [0.3, 0.4) is 0 Å². The van der Waals surface area contributed by atoms with E-state index in [2.05, 4.69) is 15.3 Å². The third kappa shape index (κ3) is 3.19. The number of nitrogens with one attached hydrogen (secondary N) is 1. The van der Waals surface area contributed by atoms with Gasteiger partial charge < -0.3 is 19.9 Å². The van der Waals surface area contributed by atoms with Crippen molar-refractivity contribution in [3.63, 3.8) is 0 Å². The second-order valence-corrected chi connectivity index (χ2v) is 5.56. The van der Waals surface area contributed by atoms with Crippen LogP contribution < -0.4 is 5.32 Å². The molecule has 1 unspecified atom stereocenters. The summed E-state index contributed by atoms with van der Waals surface area (Å²) in [5.41, 5.74) is 1.46. The average Bonchev–Trinajstić information content (AvgIpc) is 3.00. The van der Waals surface area contributed by atoms with Gasteiger partial charge in [-0.15, -0.1) is 0 Å². The SMILES string of the molecule is Cc1nc(NCC2(OCCO)CCOC2)nc2ccccc12. The third-order valence-electron chi connectivity index (χ3n) is 3.93. The third-order valence-corrected chi connectivity index (χ3v) is 3.93. The van der Waals surface area contributed by atoms with Crippen LogP contribution in [0.5, 0.6) is 0 Å². The molecule has 22 heavy (non-hydrogen) atoms. The van der Waals surface area contributed by atoms with Gasteiger partial charge in [-0.1, -0.05) is 18.2 Å². The number of para-hydroxylation sites is 1. The van der Waals surface area contributed by atoms with Crippen LogP contribution in [-0.2, 0) is 9.47 Å². The van der Waals surface area contributed by atoms with Gasteiger partial charge in [0, 0.05) is 25.0 Å². The Balaban J connectivity index is 1.75. The number of aromatic nitrogens is 2. The lowest BCUT2D eigenvalue weighted by atomic mass is 10.0. The molecule has 1 saturated heterocycles. The molecule has 6 nitrogen and oxygen atoms in total. The molecule has 2 heterocycles. The highest BCUT2D eigenvalue weighted by atomic mass is 16.6. The molecule has 1 aromatic heterocycles. The highest BCUT2D eigenvalue weighted by Crippen LogP contribution is 2.24. The Hall–Kier alpha value is -1.76. The fraction of sp³-hybridized carbons (Fsp3) is 0.500. The molecule has 0 amide bonds. The average molecular weight is 303 g/mol. The molecule has 1 atom stereocenters. The summed E-state index contributed by atoms with van der Waals surface area (Å²) in [6, 6.07) is 7.95. The summed E-state index contributed by atoms with van der Waals surface area (Å²) in [6.07, 6.45) is 0.798. The van der Waals surface area contributed by atoms with E-state index in [1.165, 1.54) is 0 Å². The molecule has 0 radical (unpaired) electrons. The molecular weight excluding hydrogens is 282 g/mol. The molecule has 1 aliphatic rings. The second-order valence-electron chi connectivity index (χ2n) is 5.56. The summed E-state index contributed by atoms with van der Waals surface area (Å²) < 4.78 is 11.2. The van der Waals surface area contributed by atoms with Crippen LogP contribution in [-0.4, -0.2) is 53.6 Å². The van der Waals surface area contributed by atoms with Crippen LogP contribution >= 0.6 is 0 Å². The molecule has 0 bridgehead atoms. The summed E-state index contributed by atoms with van der Waals surface area (Å²) in [7, 11) is 0. The minimum Gasteiger partial charge on any atom is -0.394 e. The van der Waals surface area contributed by atoms with Crippen LogP contribution in [0.4, 0.5) is 5.95 Å². The molecule has 0 saturated carbocycles. The van der Waals surface area contributed by atoms with Crippen molar-refractivity contribution in [1.29, 1.82) is 0 Å². The van der Waals surface area contributed by atoms with Gasteiger partial charge in [0.1, 0.15) is 5.60 Å². The van der Waals surface area contributed by atoms with E-state index in [-0.39, 0.29) is 6.61 Å². The molecule has 1 aromatic carbocycles. The minimum atomic E-state index is -0.411. The van der Waals surface area contributed by atoms with Crippen LogP contribution in [0.1, 0.15) is 12.1 Å². The lowest BCUT2D eigenvalue weighted by Crippen LogP contribution is -2.41. The Labute approximate surface area is 129 Å². The number of rotatable bonds is 6. The van der Waals surface area contributed by atoms with Crippen LogP contribution in [0.25, 0.3) is 10.9 Å². The summed E-state index contributed by atoms with van der Waals surface area (Å²) in [5, 5.41) is 13.3. The van der Waals surface area contributed by atoms with E-state index in [4.69, 9.17) is 14.6 Å². The number of aryl methyl sites for hydroxylation is 1. The molecule has 0 aliphatic carbocycles. The predicted octanol–water partition coefficient (Wildman–Crippen LogP) is 1.52. The van der Waals surface area contributed by atoms with Crippen molar-refractivity contribution in [1.82, 2.24) is 9.97 Å². The fourth-order valence-corrected chi connectivity index (χ4v) is 2.71. The van der Waals surface area contributed by atoms with Crippen molar-refractivity contribution >= 4 is 16.9 Å². The minimum absolute atomic E-state index is 0.00727. The number of ether oxygens (including phenoxy) is 2. The fourth-order valence-electron chi connectivity index (χ4n) is 2.71. The molecule has 2 N–H and O–H groups in total. The van der Waals surface area contributed by atoms with Gasteiger partial charge in [-0.3, -0.25) is 0 Å². The first kappa shape index (κ1) is 15.1. The van der Waals surface area contributed by atoms with Gasteiger partial charge in [0.25, 0.3) is 0 Å². The Bertz CT molecular complexity index is 642. The number of aliphatic hydroxyl groups excluding tert-OH is 1. The first-order valence-corrected chi connectivity index (χ1v) is 7.52. The van der Waals surface area contributed by atoms with E-state index in [1.54, 1.807) is 0 Å². The van der Waals surface area contributed by atoms with Crippen LogP contribution in [0.15, 0.2) is 24.3 Å². The maximum atomic E-state index is 8.97. The zero-order valence-electron chi connectivity index (χ0n) is 12.7. The molecule has 6 heteroatoms. The maximum Gasteiger partial charge on any atom is 0.223 e. The lowest BCUT2D eigenvalue weighted by molar-refractivity contribution is -0.0520. The molecule has 118 valence electrons. The van der Waals surface area contributed by atoms with E-state index in [0.717, 1.165) is 23.0 Å². The van der Waals surface area contributed by atoms with E-state index in [9.17, 15) is 0 Å². The summed E-state index contributed by atoms with van der Waals surface area (Å²) >= 11 is 0. The molecule has 2 aromatic rings. The number of fused-ring (bicyclic) bond motifs is 1. The largest absolute Gasteiger partial charge is 0.394 e. The normalized spacial score (nSPS) is 21.4. The van der Waals surface area contributed by atoms with Crippen molar-refractivity contribution < 1.29 is 14.6 Å². The Morgan fingerprint density at radius 3 is 3.00 bits per heavy atom. The number of hydrogen-bond donors (Lipinski definition) is 2. The number of nitrogens with zero attached hydrogens (tertiary/aromatic N) is 2. The van der Waals surface area contributed by atoms with Crippen molar-refractivity contribution in [2.45, 2.75) is 18.9 Å². The van der Waals surface area contributed by atoms with E-state index >= 15 is 0 Å². The Morgan fingerprint density at radius 2 is 2.23 bits per heavy atom. The standard InChI is InChI=1S/C16H21N3O3/c1-12-13-4-2-3-5-14(13)19-15(18-12)17-10-16(22-9-7-20)6-8-21-11-16/h2-5,20H,6-11H2,1H3,(H,17,18,19). The summed E-state index contributed by atoms with van der Waals surface area (Å²) in [5.74, 6) is 0.593. The molecular formula is C16H21N3O3. The van der Waals surface area contributed by atoms with Crippen LogP contribution in [0.2, 0.25) is 0 Å². The van der Waals surface area contributed by atoms with Gasteiger partial charge in [-0.2, -0.15) is 0 Å². The topological polar surface area (TPSA) is 76.5 Å². The number of aliphatic hydroxyl groups is 1. The van der Waals surface area contributed by atoms with Gasteiger partial charge in [-0.25, -0.2) is 9.97 Å². The van der Waals surface area contributed by atoms with Gasteiger partial charge in [0.2, 0.25) is 5.95 Å². The zero-order chi connectivity index (χ0) is 15.4. The van der Waals surface area contributed by atoms with Gasteiger partial charge in [0.15, 0.2) is 0 Å². The van der Waals surface area contributed by atoms with E-state index in [0.29, 0.717) is 32.3 Å². The molecule has 0 spiro atoms. The first-order chi connectivity index (χ1) is 10.7. The van der Waals surface area contributed by atoms with E-state index < -0.39 is 5.60 Å². The lowest BCUT2D eigenvalue weighted by Gasteiger charge is -2.27. The first-order valence-electron chi connectivity index (χ1n) is 7.52. The molecule has 1 fully saturated rings. The van der Waals surface area contributed by atoms with Gasteiger partial charge in [0.05, 0.1) is 31.0 Å². The van der Waals surface area contributed by atoms with Crippen molar-refractivity contribution in [2.75, 3.05) is 38.3 Å². The summed E-state index contributed by atoms with van der Waals surface area (Å²) in [4.78, 5) is 9.05. The number of anilines is 1. The highest BCUT2D eigenvalue weighted by molar-refractivity contribution is 5.81. The maximum absolute atomic E-state index is 8.97. The molecule has 1 aliphatic heterocycles. The Kier molecular flexibility index (Phi) is 4.52. The van der Waals surface area contributed by atoms with Gasteiger partial charge >= 0.3 is 0 Å².